The summed E-state index contributed by atoms with van der Waals surface area (Å²) in [6.45, 7) is 2.51. The quantitative estimate of drug-likeness (QED) is 0.499. The molecule has 0 spiro atoms. The molecule has 0 aromatic carbocycles. The average molecular weight is 317 g/mol. The van der Waals surface area contributed by atoms with Gasteiger partial charge in [0, 0.05) is 39.3 Å². The van der Waals surface area contributed by atoms with Crippen molar-refractivity contribution < 1.29 is 25.9 Å². The van der Waals surface area contributed by atoms with Gasteiger partial charge in [-0.15, -0.1) is 0 Å². The zero-order chi connectivity index (χ0) is 14.5. The largest absolute Gasteiger partial charge is 0.314 e. The van der Waals surface area contributed by atoms with Crippen molar-refractivity contribution in [3.05, 3.63) is 0 Å². The molecule has 0 amide bonds. The van der Waals surface area contributed by atoms with Crippen molar-refractivity contribution in [2.45, 2.75) is 0 Å². The number of nitrogens with one attached hydrogen (secondary N) is 1. The predicted octanol–water partition coefficient (Wildman–Crippen LogP) is -2.12. The third-order valence-electron chi connectivity index (χ3n) is 2.63. The molecule has 0 radical (unpaired) electrons. The fourth-order valence-electron chi connectivity index (χ4n) is 1.83. The summed E-state index contributed by atoms with van der Waals surface area (Å²) in [6.07, 6.45) is 0. The van der Waals surface area contributed by atoms with Crippen molar-refractivity contribution in [2.75, 3.05) is 51.0 Å². The SMILES string of the molecule is O=S(=O)(O)CN1CCNCCN(CS(=O)(=O)O)CC1. The maximum Gasteiger partial charge on any atom is 0.278 e. The van der Waals surface area contributed by atoms with E-state index < -0.39 is 32.0 Å². The van der Waals surface area contributed by atoms with Gasteiger partial charge in [0.05, 0.1) is 0 Å². The van der Waals surface area contributed by atoms with Crippen LogP contribution in [0.25, 0.3) is 0 Å². The number of hydrogen-bond acceptors (Lipinski definition) is 7. The molecule has 0 aromatic rings. The van der Waals surface area contributed by atoms with Crippen molar-refractivity contribution in [3.8, 4) is 0 Å². The molecule has 0 bridgehead atoms. The first kappa shape index (κ1) is 16.8. The summed E-state index contributed by atoms with van der Waals surface area (Å²) in [4.78, 5) is 3.01. The molecule has 9 nitrogen and oxygen atoms in total. The van der Waals surface area contributed by atoms with Crippen molar-refractivity contribution in [3.63, 3.8) is 0 Å². The first-order valence-corrected chi connectivity index (χ1v) is 8.93. The molecule has 0 atom stereocenters. The third-order valence-corrected chi connectivity index (χ3v) is 4.02. The smallest absolute Gasteiger partial charge is 0.278 e. The molecule has 0 unspecified atom stereocenters. The van der Waals surface area contributed by atoms with E-state index in [-0.39, 0.29) is 13.1 Å². The Hall–Kier alpha value is -0.300. The van der Waals surface area contributed by atoms with Crippen LogP contribution in [0.3, 0.4) is 0 Å². The molecule has 0 saturated carbocycles. The molecule has 1 heterocycles. The summed E-state index contributed by atoms with van der Waals surface area (Å²) in [5, 5.41) is 3.02. The first-order valence-electron chi connectivity index (χ1n) is 5.71. The molecule has 1 saturated heterocycles. The molecule has 1 fully saturated rings. The topological polar surface area (TPSA) is 127 Å². The van der Waals surface area contributed by atoms with E-state index in [9.17, 15) is 16.8 Å². The Kier molecular flexibility index (Phi) is 6.11. The van der Waals surface area contributed by atoms with Crippen LogP contribution in [-0.4, -0.2) is 86.8 Å². The van der Waals surface area contributed by atoms with Gasteiger partial charge in [0.1, 0.15) is 11.8 Å². The minimum atomic E-state index is -4.10. The maximum atomic E-state index is 10.8. The second kappa shape index (κ2) is 6.92. The van der Waals surface area contributed by atoms with E-state index in [0.29, 0.717) is 26.2 Å². The van der Waals surface area contributed by atoms with Gasteiger partial charge in [-0.25, -0.2) is 0 Å². The number of nitrogens with zero attached hydrogens (tertiary/aromatic N) is 2. The van der Waals surface area contributed by atoms with Crippen LogP contribution in [0.2, 0.25) is 0 Å². The Bertz CT molecular complexity index is 433. The Balaban J connectivity index is 2.61. The average Bonchev–Trinajstić information content (AvgIpc) is 2.28. The normalized spacial score (nSPS) is 21.6. The number of rotatable bonds is 4. The minimum absolute atomic E-state index is 0.289. The summed E-state index contributed by atoms with van der Waals surface area (Å²) >= 11 is 0. The van der Waals surface area contributed by atoms with Gasteiger partial charge in [-0.3, -0.25) is 18.9 Å². The van der Waals surface area contributed by atoms with Crippen LogP contribution in [0.4, 0.5) is 0 Å². The molecular formula is C8H19N3O6S2. The molecule has 1 rings (SSSR count). The Morgan fingerprint density at radius 1 is 0.789 bits per heavy atom. The van der Waals surface area contributed by atoms with Crippen LogP contribution >= 0.6 is 0 Å². The van der Waals surface area contributed by atoms with Crippen LogP contribution in [0, 0.1) is 0 Å². The van der Waals surface area contributed by atoms with Crippen molar-refractivity contribution in [2.24, 2.45) is 0 Å². The fraction of sp³-hybridized carbons (Fsp3) is 1.00. The van der Waals surface area contributed by atoms with Crippen LogP contribution in [0.15, 0.2) is 0 Å². The van der Waals surface area contributed by atoms with E-state index in [4.69, 9.17) is 9.11 Å². The Labute approximate surface area is 113 Å². The van der Waals surface area contributed by atoms with Crippen LogP contribution < -0.4 is 5.32 Å². The maximum absolute atomic E-state index is 10.8. The van der Waals surface area contributed by atoms with E-state index in [1.54, 1.807) is 0 Å². The molecule has 1 aliphatic rings. The highest BCUT2D eigenvalue weighted by Crippen LogP contribution is 1.99. The van der Waals surface area contributed by atoms with Crippen LogP contribution in [-0.2, 0) is 20.2 Å². The summed E-state index contributed by atoms with van der Waals surface area (Å²) < 4.78 is 61.0. The van der Waals surface area contributed by atoms with Crippen LogP contribution in [0.1, 0.15) is 0 Å². The lowest BCUT2D eigenvalue weighted by atomic mass is 10.5. The first-order chi connectivity index (χ1) is 8.66. The van der Waals surface area contributed by atoms with E-state index in [1.165, 1.54) is 9.80 Å². The van der Waals surface area contributed by atoms with Gasteiger partial charge < -0.3 is 5.32 Å². The molecule has 19 heavy (non-hydrogen) atoms. The van der Waals surface area contributed by atoms with Gasteiger partial charge in [0.2, 0.25) is 0 Å². The summed E-state index contributed by atoms with van der Waals surface area (Å²) in [7, 11) is -8.21. The van der Waals surface area contributed by atoms with E-state index in [1.807, 2.05) is 0 Å². The molecular weight excluding hydrogens is 298 g/mol. The lowest BCUT2D eigenvalue weighted by molar-refractivity contribution is 0.249. The minimum Gasteiger partial charge on any atom is -0.314 e. The van der Waals surface area contributed by atoms with Crippen molar-refractivity contribution in [1.82, 2.24) is 15.1 Å². The van der Waals surface area contributed by atoms with Crippen LogP contribution in [0.5, 0.6) is 0 Å². The lowest BCUT2D eigenvalue weighted by Crippen LogP contribution is -2.40. The zero-order valence-electron chi connectivity index (χ0n) is 10.4. The Morgan fingerprint density at radius 2 is 1.16 bits per heavy atom. The predicted molar refractivity (Wildman–Crippen MR) is 68.8 cm³/mol. The standard InChI is InChI=1S/C8H19N3O6S2/c12-18(13,14)7-10-3-1-9-2-4-11(6-5-10)8-19(15,16)17/h9H,1-8H2,(H,12,13,14)(H,15,16,17). The lowest BCUT2D eigenvalue weighted by Gasteiger charge is -2.23. The van der Waals surface area contributed by atoms with E-state index in [2.05, 4.69) is 5.32 Å². The monoisotopic (exact) mass is 317 g/mol. The highest BCUT2D eigenvalue weighted by Gasteiger charge is 2.19. The molecule has 0 aromatic heterocycles. The van der Waals surface area contributed by atoms with E-state index in [0.717, 1.165) is 0 Å². The highest BCUT2D eigenvalue weighted by molar-refractivity contribution is 7.85. The van der Waals surface area contributed by atoms with Crippen molar-refractivity contribution >= 4 is 20.2 Å². The molecule has 11 heteroatoms. The molecule has 3 N–H and O–H groups in total. The summed E-state index contributed by atoms with van der Waals surface area (Å²) in [5.74, 6) is -0.983. The zero-order valence-corrected chi connectivity index (χ0v) is 12.0. The number of hydrogen-bond donors (Lipinski definition) is 3. The van der Waals surface area contributed by atoms with Gasteiger partial charge in [0.15, 0.2) is 0 Å². The van der Waals surface area contributed by atoms with Gasteiger partial charge in [-0.05, 0) is 0 Å². The molecule has 0 aliphatic carbocycles. The van der Waals surface area contributed by atoms with Gasteiger partial charge >= 0.3 is 0 Å². The second-order valence-corrected chi connectivity index (χ2v) is 7.25. The summed E-state index contributed by atoms with van der Waals surface area (Å²) in [5.41, 5.74) is 0. The second-order valence-electron chi connectivity index (χ2n) is 4.41. The highest BCUT2D eigenvalue weighted by atomic mass is 32.2. The fourth-order valence-corrected chi connectivity index (χ4v) is 3.26. The van der Waals surface area contributed by atoms with Crippen molar-refractivity contribution in [1.29, 1.82) is 0 Å². The molecule has 1 aliphatic heterocycles. The summed E-state index contributed by atoms with van der Waals surface area (Å²) in [6, 6.07) is 0. The third kappa shape index (κ3) is 8.47. The Morgan fingerprint density at radius 3 is 1.47 bits per heavy atom. The van der Waals surface area contributed by atoms with Gasteiger partial charge in [-0.2, -0.15) is 16.8 Å². The molecule has 114 valence electrons. The van der Waals surface area contributed by atoms with E-state index >= 15 is 0 Å². The van der Waals surface area contributed by atoms with Gasteiger partial charge in [0.25, 0.3) is 20.2 Å². The van der Waals surface area contributed by atoms with Gasteiger partial charge in [-0.1, -0.05) is 0 Å².